The van der Waals surface area contributed by atoms with Gasteiger partial charge in [-0.2, -0.15) is 0 Å². The number of aryl methyl sites for hydroxylation is 3. The van der Waals surface area contributed by atoms with E-state index in [1.165, 1.54) is 22.3 Å². The van der Waals surface area contributed by atoms with Crippen LogP contribution in [0.25, 0.3) is 11.1 Å². The minimum Gasteiger partial charge on any atom is -0.496 e. The van der Waals surface area contributed by atoms with Gasteiger partial charge in [0.1, 0.15) is 17.6 Å². The molecule has 2 aliphatic heterocycles. The van der Waals surface area contributed by atoms with Crippen LogP contribution < -0.4 is 9.47 Å². The third-order valence-electron chi connectivity index (χ3n) is 6.81. The monoisotopic (exact) mass is 470 g/mol. The molecule has 0 radical (unpaired) electrons. The van der Waals surface area contributed by atoms with E-state index in [1.807, 2.05) is 12.1 Å². The average molecular weight is 471 g/mol. The third kappa shape index (κ3) is 4.67. The van der Waals surface area contributed by atoms with Crippen LogP contribution in [0.15, 0.2) is 24.3 Å². The van der Waals surface area contributed by atoms with E-state index < -0.39 is 5.79 Å². The average Bonchev–Trinajstić information content (AvgIpc) is 3.05. The van der Waals surface area contributed by atoms with Crippen LogP contribution in [0.2, 0.25) is 0 Å². The fourth-order valence-electron chi connectivity index (χ4n) is 6.38. The van der Waals surface area contributed by atoms with Crippen molar-refractivity contribution in [2.45, 2.75) is 83.5 Å². The predicted molar refractivity (Wildman–Crippen MR) is 137 cm³/mol. The zero-order chi connectivity index (χ0) is 24.2. The lowest BCUT2D eigenvalue weighted by atomic mass is 9.88. The lowest BCUT2D eigenvalue weighted by Gasteiger charge is -2.49. The lowest BCUT2D eigenvalue weighted by molar-refractivity contribution is -0.189. The molecule has 180 valence electrons. The van der Waals surface area contributed by atoms with Crippen LogP contribution in [0.1, 0.15) is 68.9 Å². The number of methoxy groups -OCH3 is 2. The first-order chi connectivity index (χ1) is 15.4. The molecule has 4 nitrogen and oxygen atoms in total. The van der Waals surface area contributed by atoms with E-state index in [-0.39, 0.29) is 16.4 Å². The number of hydrogen-bond donors (Lipinski definition) is 0. The molecular formula is C28H39O4P. The van der Waals surface area contributed by atoms with E-state index in [2.05, 4.69) is 60.6 Å². The highest BCUT2D eigenvalue weighted by molar-refractivity contribution is 7.41. The first kappa shape index (κ1) is 24.5. The molecule has 0 N–H and O–H groups in total. The summed E-state index contributed by atoms with van der Waals surface area (Å²) in [5, 5.41) is 0.365. The Labute approximate surface area is 201 Å². The molecule has 2 saturated heterocycles. The van der Waals surface area contributed by atoms with Crippen molar-refractivity contribution in [2.75, 3.05) is 20.8 Å². The van der Waals surface area contributed by atoms with Gasteiger partial charge in [0.05, 0.1) is 20.8 Å². The Bertz CT molecular complexity index is 1020. The molecule has 5 heteroatoms. The van der Waals surface area contributed by atoms with E-state index >= 15 is 0 Å². The quantitative estimate of drug-likeness (QED) is 0.446. The van der Waals surface area contributed by atoms with Crippen molar-refractivity contribution in [1.29, 1.82) is 0 Å². The Kier molecular flexibility index (Phi) is 6.36. The molecule has 1 spiro atoms. The summed E-state index contributed by atoms with van der Waals surface area (Å²) in [5.41, 5.74) is 6.94. The van der Waals surface area contributed by atoms with Gasteiger partial charge in [0.25, 0.3) is 0 Å². The summed E-state index contributed by atoms with van der Waals surface area (Å²) in [6.45, 7) is 16.3. The van der Waals surface area contributed by atoms with Crippen LogP contribution in [0.4, 0.5) is 0 Å². The van der Waals surface area contributed by atoms with Gasteiger partial charge >= 0.3 is 0 Å². The molecular weight excluding hydrogens is 431 g/mol. The normalized spacial score (nSPS) is 23.0. The SMILES string of the molecule is COc1ccc(OC)c(C2COC3(CC(C)(C)PC(C)(C)C3)O2)c1-c1c(C)cc(C)cc1C. The summed E-state index contributed by atoms with van der Waals surface area (Å²) in [6, 6.07) is 8.44. The molecule has 2 aromatic carbocycles. The van der Waals surface area contributed by atoms with Crippen molar-refractivity contribution in [3.8, 4) is 22.6 Å². The van der Waals surface area contributed by atoms with Crippen molar-refractivity contribution in [1.82, 2.24) is 0 Å². The number of rotatable bonds is 4. The fourth-order valence-corrected chi connectivity index (χ4v) is 8.92. The molecule has 0 saturated carbocycles. The highest BCUT2D eigenvalue weighted by Crippen LogP contribution is 2.60. The molecule has 2 aromatic rings. The largest absolute Gasteiger partial charge is 0.496 e. The van der Waals surface area contributed by atoms with Gasteiger partial charge in [0.15, 0.2) is 5.79 Å². The Morgan fingerprint density at radius 2 is 1.39 bits per heavy atom. The van der Waals surface area contributed by atoms with Gasteiger partial charge in [-0.25, -0.2) is 0 Å². The van der Waals surface area contributed by atoms with Crippen LogP contribution in [0.5, 0.6) is 11.5 Å². The molecule has 0 amide bonds. The second kappa shape index (κ2) is 8.56. The van der Waals surface area contributed by atoms with Gasteiger partial charge < -0.3 is 18.9 Å². The van der Waals surface area contributed by atoms with Crippen molar-refractivity contribution in [2.24, 2.45) is 0 Å². The predicted octanol–water partition coefficient (Wildman–Crippen LogP) is 7.11. The molecule has 0 bridgehead atoms. The van der Waals surface area contributed by atoms with Gasteiger partial charge in [-0.3, -0.25) is 0 Å². The second-order valence-electron chi connectivity index (χ2n) is 11.1. The van der Waals surface area contributed by atoms with E-state index in [0.29, 0.717) is 6.61 Å². The highest BCUT2D eigenvalue weighted by atomic mass is 31.1. The topological polar surface area (TPSA) is 36.9 Å². The van der Waals surface area contributed by atoms with Crippen molar-refractivity contribution >= 4 is 8.58 Å². The van der Waals surface area contributed by atoms with Crippen molar-refractivity contribution in [3.63, 3.8) is 0 Å². The molecule has 0 aromatic heterocycles. The van der Waals surface area contributed by atoms with Gasteiger partial charge in [-0.05, 0) is 59.9 Å². The Hall–Kier alpha value is -1.61. The lowest BCUT2D eigenvalue weighted by Crippen LogP contribution is -2.47. The van der Waals surface area contributed by atoms with Crippen LogP contribution in [0.3, 0.4) is 0 Å². The molecule has 2 fully saturated rings. The van der Waals surface area contributed by atoms with Gasteiger partial charge in [-0.1, -0.05) is 45.4 Å². The maximum absolute atomic E-state index is 6.90. The third-order valence-corrected chi connectivity index (χ3v) is 8.52. The second-order valence-corrected chi connectivity index (χ2v) is 14.1. The summed E-state index contributed by atoms with van der Waals surface area (Å²) in [7, 11) is 4.33. The Morgan fingerprint density at radius 3 is 1.94 bits per heavy atom. The van der Waals surface area contributed by atoms with Gasteiger partial charge in [-0.15, -0.1) is 8.58 Å². The summed E-state index contributed by atoms with van der Waals surface area (Å²) in [6.07, 6.45) is 1.59. The van der Waals surface area contributed by atoms with Crippen molar-refractivity contribution < 1.29 is 18.9 Å². The molecule has 4 rings (SSSR count). The summed E-state index contributed by atoms with van der Waals surface area (Å²) in [4.78, 5) is 0. The smallest absolute Gasteiger partial charge is 0.171 e. The zero-order valence-corrected chi connectivity index (χ0v) is 22.6. The standard InChI is InChI=1S/C28H39O4P/c1-17-12-18(2)23(19(3)13-17)25-21(30-9)11-10-20(29-8)24(25)22-14-31-28(32-22)15-26(4,5)33-27(6,7)16-28/h10-13,22,33H,14-16H2,1-9H3. The number of ether oxygens (including phenoxy) is 4. The maximum Gasteiger partial charge on any atom is 0.171 e. The molecule has 1 unspecified atom stereocenters. The molecule has 1 atom stereocenters. The van der Waals surface area contributed by atoms with Gasteiger partial charge in [0, 0.05) is 24.0 Å². The maximum atomic E-state index is 6.90. The van der Waals surface area contributed by atoms with Crippen LogP contribution >= 0.6 is 8.58 Å². The Balaban J connectivity index is 1.86. The van der Waals surface area contributed by atoms with Crippen LogP contribution in [-0.2, 0) is 9.47 Å². The summed E-state index contributed by atoms with van der Waals surface area (Å²) < 4.78 is 25.2. The minimum absolute atomic E-state index is 0.183. The fraction of sp³-hybridized carbons (Fsp3) is 0.571. The molecule has 2 heterocycles. The van der Waals surface area contributed by atoms with E-state index in [4.69, 9.17) is 18.9 Å². The van der Waals surface area contributed by atoms with Crippen LogP contribution in [-0.4, -0.2) is 36.9 Å². The van der Waals surface area contributed by atoms with Gasteiger partial charge in [0.2, 0.25) is 0 Å². The van der Waals surface area contributed by atoms with E-state index in [9.17, 15) is 0 Å². The van der Waals surface area contributed by atoms with E-state index in [1.54, 1.807) is 14.2 Å². The minimum atomic E-state index is -0.564. The molecule has 0 aliphatic carbocycles. The molecule has 2 aliphatic rings. The highest BCUT2D eigenvalue weighted by Gasteiger charge is 2.54. The summed E-state index contributed by atoms with van der Waals surface area (Å²) in [5.74, 6) is 1.08. The first-order valence-corrected chi connectivity index (χ1v) is 12.8. The first-order valence-electron chi connectivity index (χ1n) is 11.8. The Morgan fingerprint density at radius 1 is 0.848 bits per heavy atom. The zero-order valence-electron chi connectivity index (χ0n) is 21.6. The van der Waals surface area contributed by atoms with E-state index in [0.717, 1.165) is 44.0 Å². The van der Waals surface area contributed by atoms with Crippen LogP contribution in [0, 0.1) is 20.8 Å². The molecule has 33 heavy (non-hydrogen) atoms. The summed E-state index contributed by atoms with van der Waals surface area (Å²) >= 11 is 0. The number of hydrogen-bond acceptors (Lipinski definition) is 4. The number of benzene rings is 2. The van der Waals surface area contributed by atoms with Crippen molar-refractivity contribution in [3.05, 3.63) is 46.5 Å².